The van der Waals surface area contributed by atoms with Crippen LogP contribution in [-0.4, -0.2) is 25.9 Å². The van der Waals surface area contributed by atoms with Crippen molar-refractivity contribution in [1.29, 1.82) is 0 Å². The number of allylic oxidation sites excluding steroid dienone is 1. The molecule has 1 amide bonds. The molecule has 0 saturated carbocycles. The van der Waals surface area contributed by atoms with Crippen LogP contribution in [0.2, 0.25) is 0 Å². The number of aldehydes is 1. The van der Waals surface area contributed by atoms with Gasteiger partial charge in [0.1, 0.15) is 6.29 Å². The van der Waals surface area contributed by atoms with E-state index in [0.29, 0.717) is 18.5 Å². The van der Waals surface area contributed by atoms with Crippen molar-refractivity contribution < 1.29 is 9.59 Å². The van der Waals surface area contributed by atoms with E-state index in [1.54, 1.807) is 31.3 Å². The summed E-state index contributed by atoms with van der Waals surface area (Å²) in [6.45, 7) is 0.407. The summed E-state index contributed by atoms with van der Waals surface area (Å²) in [6.07, 6.45) is 3.66. The molecule has 4 heteroatoms. The first kappa shape index (κ1) is 12.1. The summed E-state index contributed by atoms with van der Waals surface area (Å²) < 4.78 is 0. The highest BCUT2D eigenvalue weighted by molar-refractivity contribution is 5.98. The molecule has 0 radical (unpaired) electrons. The quantitative estimate of drug-likeness (QED) is 0.437. The first-order chi connectivity index (χ1) is 7.79. The standard InChI is InChI=1S/C12H14N2O2/c1-13-9-14-12(16)11-7-3-2-5-10(11)6-4-8-15/h2-8,13H,9H2,1H3,(H,14,16)/b6-4+. The van der Waals surface area contributed by atoms with E-state index in [1.807, 2.05) is 6.07 Å². The van der Waals surface area contributed by atoms with Crippen LogP contribution in [0.5, 0.6) is 0 Å². The molecule has 2 N–H and O–H groups in total. The summed E-state index contributed by atoms with van der Waals surface area (Å²) in [5, 5.41) is 5.52. The van der Waals surface area contributed by atoms with Gasteiger partial charge in [0.15, 0.2) is 0 Å². The van der Waals surface area contributed by atoms with Crippen LogP contribution in [0.3, 0.4) is 0 Å². The first-order valence-electron chi connectivity index (χ1n) is 4.93. The highest BCUT2D eigenvalue weighted by Crippen LogP contribution is 2.10. The van der Waals surface area contributed by atoms with Gasteiger partial charge in [-0.3, -0.25) is 9.59 Å². The van der Waals surface area contributed by atoms with Crippen molar-refractivity contribution in [3.05, 3.63) is 41.5 Å². The fourth-order valence-corrected chi connectivity index (χ4v) is 1.26. The van der Waals surface area contributed by atoms with Crippen molar-refractivity contribution in [3.63, 3.8) is 0 Å². The van der Waals surface area contributed by atoms with Gasteiger partial charge >= 0.3 is 0 Å². The zero-order chi connectivity index (χ0) is 11.8. The topological polar surface area (TPSA) is 58.2 Å². The first-order valence-corrected chi connectivity index (χ1v) is 4.93. The van der Waals surface area contributed by atoms with Gasteiger partial charge in [-0.15, -0.1) is 0 Å². The molecule has 16 heavy (non-hydrogen) atoms. The van der Waals surface area contributed by atoms with Gasteiger partial charge in [0.2, 0.25) is 0 Å². The second-order valence-corrected chi connectivity index (χ2v) is 3.12. The Morgan fingerprint density at radius 3 is 2.81 bits per heavy atom. The van der Waals surface area contributed by atoms with Gasteiger partial charge < -0.3 is 10.6 Å². The predicted molar refractivity (Wildman–Crippen MR) is 62.9 cm³/mol. The van der Waals surface area contributed by atoms with Crippen molar-refractivity contribution in [3.8, 4) is 0 Å². The molecule has 0 unspecified atom stereocenters. The third-order valence-electron chi connectivity index (χ3n) is 1.99. The Hall–Kier alpha value is -1.94. The van der Waals surface area contributed by atoms with Gasteiger partial charge in [-0.25, -0.2) is 0 Å². The van der Waals surface area contributed by atoms with Crippen LogP contribution < -0.4 is 10.6 Å². The lowest BCUT2D eigenvalue weighted by molar-refractivity contribution is -0.104. The SMILES string of the molecule is CNCNC(=O)c1ccccc1/C=C/C=O. The van der Waals surface area contributed by atoms with Gasteiger partial charge in [0, 0.05) is 5.56 Å². The smallest absolute Gasteiger partial charge is 0.252 e. The van der Waals surface area contributed by atoms with Gasteiger partial charge in [0.05, 0.1) is 6.67 Å². The molecule has 0 aliphatic heterocycles. The van der Waals surface area contributed by atoms with E-state index in [2.05, 4.69) is 10.6 Å². The molecule has 0 spiro atoms. The van der Waals surface area contributed by atoms with Gasteiger partial charge in [0.25, 0.3) is 5.91 Å². The molecular formula is C12H14N2O2. The van der Waals surface area contributed by atoms with Crippen LogP contribution in [0.1, 0.15) is 15.9 Å². The zero-order valence-corrected chi connectivity index (χ0v) is 9.07. The van der Waals surface area contributed by atoms with E-state index in [4.69, 9.17) is 0 Å². The third-order valence-corrected chi connectivity index (χ3v) is 1.99. The zero-order valence-electron chi connectivity index (χ0n) is 9.07. The summed E-state index contributed by atoms with van der Waals surface area (Å²) in [7, 11) is 1.75. The summed E-state index contributed by atoms with van der Waals surface area (Å²) in [6, 6.07) is 7.11. The minimum absolute atomic E-state index is 0.166. The van der Waals surface area contributed by atoms with Gasteiger partial charge in [-0.05, 0) is 24.8 Å². The maximum Gasteiger partial charge on any atom is 0.252 e. The Labute approximate surface area is 94.4 Å². The molecule has 0 atom stereocenters. The van der Waals surface area contributed by atoms with E-state index in [9.17, 15) is 9.59 Å². The Morgan fingerprint density at radius 1 is 1.38 bits per heavy atom. The summed E-state index contributed by atoms with van der Waals surface area (Å²) in [5.41, 5.74) is 1.28. The Balaban J connectivity index is 2.89. The van der Waals surface area contributed by atoms with E-state index in [1.165, 1.54) is 6.08 Å². The number of carbonyl (C=O) groups is 2. The normalized spacial score (nSPS) is 10.3. The molecule has 0 saturated heterocycles. The van der Waals surface area contributed by atoms with Crippen molar-refractivity contribution in [2.75, 3.05) is 13.7 Å². The van der Waals surface area contributed by atoms with Crippen LogP contribution >= 0.6 is 0 Å². The molecule has 1 aromatic carbocycles. The lowest BCUT2D eigenvalue weighted by Crippen LogP contribution is -2.32. The molecule has 0 fully saturated rings. The Morgan fingerprint density at radius 2 is 2.12 bits per heavy atom. The van der Waals surface area contributed by atoms with E-state index in [0.717, 1.165) is 5.56 Å². The third kappa shape index (κ3) is 3.33. The monoisotopic (exact) mass is 218 g/mol. The largest absolute Gasteiger partial charge is 0.339 e. The highest BCUT2D eigenvalue weighted by atomic mass is 16.1. The molecule has 0 bridgehead atoms. The van der Waals surface area contributed by atoms with Gasteiger partial charge in [-0.1, -0.05) is 24.3 Å². The van der Waals surface area contributed by atoms with Crippen molar-refractivity contribution in [2.24, 2.45) is 0 Å². The number of amides is 1. The van der Waals surface area contributed by atoms with Crippen molar-refractivity contribution >= 4 is 18.3 Å². The molecule has 0 aliphatic rings. The summed E-state index contributed by atoms with van der Waals surface area (Å²) in [4.78, 5) is 21.9. The van der Waals surface area contributed by atoms with E-state index >= 15 is 0 Å². The minimum Gasteiger partial charge on any atom is -0.339 e. The minimum atomic E-state index is -0.166. The molecular weight excluding hydrogens is 204 g/mol. The fourth-order valence-electron chi connectivity index (χ4n) is 1.26. The van der Waals surface area contributed by atoms with Crippen LogP contribution in [0.4, 0.5) is 0 Å². The molecule has 0 aliphatic carbocycles. The molecule has 1 rings (SSSR count). The molecule has 1 aromatic rings. The average Bonchev–Trinajstić information content (AvgIpc) is 2.33. The Bertz CT molecular complexity index is 400. The van der Waals surface area contributed by atoms with Crippen LogP contribution in [0, 0.1) is 0 Å². The molecule has 4 nitrogen and oxygen atoms in total. The van der Waals surface area contributed by atoms with Crippen molar-refractivity contribution in [1.82, 2.24) is 10.6 Å². The Kier molecular flexibility index (Phi) is 4.95. The molecule has 0 aromatic heterocycles. The second kappa shape index (κ2) is 6.53. The van der Waals surface area contributed by atoms with Gasteiger partial charge in [-0.2, -0.15) is 0 Å². The predicted octanol–water partition coefficient (Wildman–Crippen LogP) is 0.805. The number of hydrogen-bond acceptors (Lipinski definition) is 3. The number of benzene rings is 1. The summed E-state index contributed by atoms with van der Waals surface area (Å²) >= 11 is 0. The second-order valence-electron chi connectivity index (χ2n) is 3.12. The maximum absolute atomic E-state index is 11.7. The fraction of sp³-hybridized carbons (Fsp3) is 0.167. The van der Waals surface area contributed by atoms with E-state index in [-0.39, 0.29) is 5.91 Å². The number of carbonyl (C=O) groups excluding carboxylic acids is 2. The maximum atomic E-state index is 11.7. The summed E-state index contributed by atoms with van der Waals surface area (Å²) in [5.74, 6) is -0.166. The molecule has 0 heterocycles. The van der Waals surface area contributed by atoms with Crippen molar-refractivity contribution in [2.45, 2.75) is 0 Å². The highest BCUT2D eigenvalue weighted by Gasteiger charge is 2.07. The number of rotatable bonds is 5. The van der Waals surface area contributed by atoms with Crippen LogP contribution in [-0.2, 0) is 4.79 Å². The lowest BCUT2D eigenvalue weighted by atomic mass is 10.1. The average molecular weight is 218 g/mol. The van der Waals surface area contributed by atoms with E-state index < -0.39 is 0 Å². The van der Waals surface area contributed by atoms with Crippen LogP contribution in [0.25, 0.3) is 6.08 Å². The molecule has 84 valence electrons. The van der Waals surface area contributed by atoms with Crippen LogP contribution in [0.15, 0.2) is 30.3 Å². The number of hydrogen-bond donors (Lipinski definition) is 2. The number of nitrogens with one attached hydrogen (secondary N) is 2. The lowest BCUT2D eigenvalue weighted by Gasteiger charge is -2.06.